The highest BCUT2D eigenvalue weighted by atomic mass is 35.5. The van der Waals surface area contributed by atoms with Crippen molar-refractivity contribution in [3.8, 4) is 5.75 Å². The first kappa shape index (κ1) is 17.0. The Morgan fingerprint density at radius 2 is 1.65 bits per heavy atom. The molecule has 0 spiro atoms. The van der Waals surface area contributed by atoms with Gasteiger partial charge < -0.3 is 4.74 Å². The van der Waals surface area contributed by atoms with E-state index < -0.39 is 0 Å². The second kappa shape index (κ2) is 7.84. The van der Waals surface area contributed by atoms with Gasteiger partial charge in [-0.2, -0.15) is 0 Å². The monoisotopic (exact) mass is 384 g/mol. The second-order valence-electron chi connectivity index (χ2n) is 4.99. The van der Waals surface area contributed by atoms with Crippen LogP contribution in [0.4, 0.5) is 0 Å². The van der Waals surface area contributed by atoms with E-state index >= 15 is 0 Å². The van der Waals surface area contributed by atoms with E-state index in [1.54, 1.807) is 18.2 Å². The number of hydrogen-bond acceptors (Lipinski definition) is 4. The lowest BCUT2D eigenvalue weighted by atomic mass is 10.1. The van der Waals surface area contributed by atoms with Crippen molar-refractivity contribution >= 4 is 52.7 Å². The minimum Gasteiger partial charge on any atom is -0.426 e. The van der Waals surface area contributed by atoms with Crippen LogP contribution in [0.5, 0.6) is 5.75 Å². The van der Waals surface area contributed by atoms with Crippen LogP contribution >= 0.6 is 46.7 Å². The summed E-state index contributed by atoms with van der Waals surface area (Å²) < 4.78 is 5.86. The van der Waals surface area contributed by atoms with E-state index in [0.29, 0.717) is 25.9 Å². The lowest BCUT2D eigenvalue weighted by molar-refractivity contribution is -0.133. The summed E-state index contributed by atoms with van der Waals surface area (Å²) in [6, 6.07) is 12.9. The number of ether oxygens (including phenoxy) is 1. The predicted molar refractivity (Wildman–Crippen MR) is 99.9 cm³/mol. The fourth-order valence-electron chi connectivity index (χ4n) is 2.26. The van der Waals surface area contributed by atoms with E-state index in [4.69, 9.17) is 27.9 Å². The standard InChI is InChI=1S/C17H14Cl2O2S2/c18-14-2-1-3-15(19)13(14)10-16(20)21-12-6-4-11(5-7-12)17-22-8-9-23-17/h1-7,17H,8-10H2. The third-order valence-corrected chi connectivity index (χ3v) is 7.20. The second-order valence-corrected chi connectivity index (χ2v) is 8.53. The number of thioether (sulfide) groups is 2. The summed E-state index contributed by atoms with van der Waals surface area (Å²) in [7, 11) is 0. The van der Waals surface area contributed by atoms with Gasteiger partial charge in [0.25, 0.3) is 0 Å². The predicted octanol–water partition coefficient (Wildman–Crippen LogP) is 5.62. The lowest BCUT2D eigenvalue weighted by Gasteiger charge is -2.10. The molecule has 0 saturated carbocycles. The fourth-order valence-corrected chi connectivity index (χ4v) is 5.65. The summed E-state index contributed by atoms with van der Waals surface area (Å²) in [5.74, 6) is 2.53. The number of hydrogen-bond donors (Lipinski definition) is 0. The smallest absolute Gasteiger partial charge is 0.315 e. The summed E-state index contributed by atoms with van der Waals surface area (Å²) in [5, 5.41) is 0.945. The first-order valence-electron chi connectivity index (χ1n) is 7.10. The molecule has 1 fully saturated rings. The minimum atomic E-state index is -0.377. The molecule has 1 aliphatic heterocycles. The van der Waals surface area contributed by atoms with Crippen LogP contribution in [0.1, 0.15) is 15.7 Å². The van der Waals surface area contributed by atoms with Crippen LogP contribution in [-0.2, 0) is 11.2 Å². The van der Waals surface area contributed by atoms with Crippen LogP contribution in [0.25, 0.3) is 0 Å². The summed E-state index contributed by atoms with van der Waals surface area (Å²) in [6.45, 7) is 0. The number of benzene rings is 2. The van der Waals surface area contributed by atoms with Crippen molar-refractivity contribution in [1.82, 2.24) is 0 Å². The molecule has 6 heteroatoms. The SMILES string of the molecule is O=C(Cc1c(Cl)cccc1Cl)Oc1ccc(C2SCCS2)cc1. The zero-order chi connectivity index (χ0) is 16.2. The van der Waals surface area contributed by atoms with Gasteiger partial charge in [-0.15, -0.1) is 23.5 Å². The molecule has 23 heavy (non-hydrogen) atoms. The molecular weight excluding hydrogens is 371 g/mol. The normalized spacial score (nSPS) is 14.9. The third kappa shape index (κ3) is 4.38. The first-order chi connectivity index (χ1) is 11.1. The van der Waals surface area contributed by atoms with Crippen molar-refractivity contribution in [2.24, 2.45) is 0 Å². The Morgan fingerprint density at radius 1 is 1.04 bits per heavy atom. The molecular formula is C17H14Cl2O2S2. The number of esters is 1. The summed E-state index contributed by atoms with van der Waals surface area (Å²) >= 11 is 16.0. The van der Waals surface area contributed by atoms with Gasteiger partial charge in [0.05, 0.1) is 11.0 Å². The van der Waals surface area contributed by atoms with E-state index in [1.807, 2.05) is 47.8 Å². The highest BCUT2D eigenvalue weighted by Gasteiger charge is 2.18. The van der Waals surface area contributed by atoms with E-state index in [1.165, 1.54) is 17.1 Å². The van der Waals surface area contributed by atoms with E-state index in [0.717, 1.165) is 0 Å². The molecule has 0 N–H and O–H groups in total. The minimum absolute atomic E-state index is 0.0502. The maximum Gasteiger partial charge on any atom is 0.315 e. The Morgan fingerprint density at radius 3 is 2.26 bits per heavy atom. The van der Waals surface area contributed by atoms with Crippen molar-refractivity contribution < 1.29 is 9.53 Å². The summed E-state index contributed by atoms with van der Waals surface area (Å²) in [4.78, 5) is 12.1. The van der Waals surface area contributed by atoms with Gasteiger partial charge in [-0.05, 0) is 29.8 Å². The van der Waals surface area contributed by atoms with Gasteiger partial charge in [-0.1, -0.05) is 41.4 Å². The highest BCUT2D eigenvalue weighted by Crippen LogP contribution is 2.45. The van der Waals surface area contributed by atoms with E-state index in [-0.39, 0.29) is 12.4 Å². The van der Waals surface area contributed by atoms with Crippen molar-refractivity contribution in [2.75, 3.05) is 11.5 Å². The highest BCUT2D eigenvalue weighted by molar-refractivity contribution is 8.19. The van der Waals surface area contributed by atoms with E-state index in [9.17, 15) is 4.79 Å². The average molecular weight is 385 g/mol. The Balaban J connectivity index is 1.63. The molecule has 2 aromatic carbocycles. The molecule has 0 aliphatic carbocycles. The molecule has 2 nitrogen and oxygen atoms in total. The maximum atomic E-state index is 12.1. The molecule has 2 aromatic rings. The Hall–Kier alpha value is -0.810. The Labute approximate surface area is 153 Å². The van der Waals surface area contributed by atoms with Gasteiger partial charge in [-0.3, -0.25) is 4.79 Å². The van der Waals surface area contributed by atoms with Crippen molar-refractivity contribution in [3.05, 3.63) is 63.6 Å². The number of carbonyl (C=O) groups excluding carboxylic acids is 1. The molecule has 0 bridgehead atoms. The molecule has 1 heterocycles. The van der Waals surface area contributed by atoms with Crippen LogP contribution in [0.3, 0.4) is 0 Å². The number of carbonyl (C=O) groups is 1. The van der Waals surface area contributed by atoms with Crippen LogP contribution < -0.4 is 4.74 Å². The van der Waals surface area contributed by atoms with Gasteiger partial charge >= 0.3 is 5.97 Å². The Kier molecular flexibility index (Phi) is 5.81. The van der Waals surface area contributed by atoms with Gasteiger partial charge in [0.2, 0.25) is 0 Å². The van der Waals surface area contributed by atoms with Crippen molar-refractivity contribution in [1.29, 1.82) is 0 Å². The van der Waals surface area contributed by atoms with Crippen LogP contribution in [-0.4, -0.2) is 17.5 Å². The molecule has 1 saturated heterocycles. The third-order valence-electron chi connectivity index (χ3n) is 3.39. The topological polar surface area (TPSA) is 26.3 Å². The molecule has 1 aliphatic rings. The molecule has 0 radical (unpaired) electrons. The lowest BCUT2D eigenvalue weighted by Crippen LogP contribution is -2.12. The van der Waals surface area contributed by atoms with Gasteiger partial charge in [0.1, 0.15) is 5.75 Å². The van der Waals surface area contributed by atoms with E-state index in [2.05, 4.69) is 0 Å². The maximum absolute atomic E-state index is 12.1. The number of halogens is 2. The zero-order valence-corrected chi connectivity index (χ0v) is 15.3. The molecule has 0 aromatic heterocycles. The summed E-state index contributed by atoms with van der Waals surface area (Å²) in [6.07, 6.45) is 0.0502. The van der Waals surface area contributed by atoms with Crippen molar-refractivity contribution in [2.45, 2.75) is 11.0 Å². The van der Waals surface area contributed by atoms with Crippen LogP contribution in [0, 0.1) is 0 Å². The first-order valence-corrected chi connectivity index (χ1v) is 9.95. The van der Waals surface area contributed by atoms with Crippen LogP contribution in [0.15, 0.2) is 42.5 Å². The van der Waals surface area contributed by atoms with Gasteiger partial charge in [-0.25, -0.2) is 0 Å². The average Bonchev–Trinajstić information content (AvgIpc) is 3.06. The van der Waals surface area contributed by atoms with Crippen molar-refractivity contribution in [3.63, 3.8) is 0 Å². The molecule has 0 amide bonds. The van der Waals surface area contributed by atoms with Gasteiger partial charge in [0.15, 0.2) is 0 Å². The molecule has 0 unspecified atom stereocenters. The number of rotatable bonds is 4. The van der Waals surface area contributed by atoms with Gasteiger partial charge in [0, 0.05) is 27.1 Å². The molecule has 0 atom stereocenters. The Bertz CT molecular complexity index is 678. The van der Waals surface area contributed by atoms with Crippen LogP contribution in [0.2, 0.25) is 10.0 Å². The quantitative estimate of drug-likeness (QED) is 0.504. The summed E-state index contributed by atoms with van der Waals surface area (Å²) in [5.41, 5.74) is 1.85. The largest absolute Gasteiger partial charge is 0.426 e. The zero-order valence-electron chi connectivity index (χ0n) is 12.1. The molecule has 120 valence electrons. The fraction of sp³-hybridized carbons (Fsp3) is 0.235. The molecule has 3 rings (SSSR count).